The average molecular weight is 347 g/mol. The predicted octanol–water partition coefficient (Wildman–Crippen LogP) is 4.32. The van der Waals surface area contributed by atoms with Crippen molar-refractivity contribution < 1.29 is 9.53 Å². The van der Waals surface area contributed by atoms with Gasteiger partial charge in [0.1, 0.15) is 12.4 Å². The minimum Gasteiger partial charge on any atom is -0.444 e. The number of hydrogen-bond donors (Lipinski definition) is 1. The second-order valence-corrected chi connectivity index (χ2v) is 6.15. The zero-order chi connectivity index (χ0) is 16.8. The maximum Gasteiger partial charge on any atom is 0.414 e. The number of nitrogens with zero attached hydrogens (tertiary/aromatic N) is 3. The highest BCUT2D eigenvalue weighted by Gasteiger charge is 2.20. The molecule has 1 heterocycles. The molecule has 0 aliphatic heterocycles. The van der Waals surface area contributed by atoms with Crippen molar-refractivity contribution in [1.29, 1.82) is 0 Å². The number of benzene rings is 1. The molecule has 2 aromatic rings. The van der Waals surface area contributed by atoms with Crippen LogP contribution in [0.15, 0.2) is 30.3 Å². The quantitative estimate of drug-likeness (QED) is 0.891. The zero-order valence-corrected chi connectivity index (χ0v) is 14.0. The van der Waals surface area contributed by atoms with Gasteiger partial charge in [0, 0.05) is 5.92 Å². The van der Waals surface area contributed by atoms with Gasteiger partial charge in [-0.2, -0.15) is 9.97 Å². The lowest BCUT2D eigenvalue weighted by atomic mass is 9.89. The van der Waals surface area contributed by atoms with E-state index in [-0.39, 0.29) is 23.8 Å². The number of nitrogens with one attached hydrogen (secondary N) is 1. The van der Waals surface area contributed by atoms with Gasteiger partial charge < -0.3 is 4.74 Å². The predicted molar refractivity (Wildman–Crippen MR) is 90.9 cm³/mol. The molecule has 6 nitrogen and oxygen atoms in total. The van der Waals surface area contributed by atoms with Gasteiger partial charge in [0.15, 0.2) is 0 Å². The number of hydrogen-bond acceptors (Lipinski definition) is 5. The van der Waals surface area contributed by atoms with Gasteiger partial charge in [0.05, 0.1) is 0 Å². The van der Waals surface area contributed by atoms with E-state index in [0.717, 1.165) is 31.2 Å². The van der Waals surface area contributed by atoms with Crippen LogP contribution in [0, 0.1) is 0 Å². The van der Waals surface area contributed by atoms with Gasteiger partial charge in [-0.25, -0.2) is 9.78 Å². The molecule has 0 saturated heterocycles. The number of rotatable bonds is 4. The van der Waals surface area contributed by atoms with Crippen LogP contribution in [-0.2, 0) is 11.3 Å². The van der Waals surface area contributed by atoms with Gasteiger partial charge >= 0.3 is 6.09 Å². The smallest absolute Gasteiger partial charge is 0.414 e. The molecular weight excluding hydrogens is 328 g/mol. The van der Waals surface area contributed by atoms with E-state index >= 15 is 0 Å². The van der Waals surface area contributed by atoms with Crippen LogP contribution in [0.3, 0.4) is 0 Å². The SMILES string of the molecule is O=C(Nc1nc(Cl)nc(C2CCCCC2)n1)OCc1ccccc1. The lowest BCUT2D eigenvalue weighted by molar-refractivity contribution is 0.155. The second kappa shape index (κ2) is 8.06. The summed E-state index contributed by atoms with van der Waals surface area (Å²) in [7, 11) is 0. The largest absolute Gasteiger partial charge is 0.444 e. The van der Waals surface area contributed by atoms with Crippen molar-refractivity contribution in [3.63, 3.8) is 0 Å². The number of aromatic nitrogens is 3. The molecule has 1 aromatic heterocycles. The molecule has 1 aromatic carbocycles. The van der Waals surface area contributed by atoms with Gasteiger partial charge in [-0.1, -0.05) is 49.6 Å². The van der Waals surface area contributed by atoms with Crippen LogP contribution >= 0.6 is 11.6 Å². The Morgan fingerprint density at radius 1 is 1.12 bits per heavy atom. The van der Waals surface area contributed by atoms with E-state index in [1.54, 1.807) is 0 Å². The second-order valence-electron chi connectivity index (χ2n) is 5.81. The Labute approximate surface area is 145 Å². The standard InChI is InChI=1S/C17H19ClN4O2/c18-15-19-14(13-9-5-2-6-10-13)20-16(21-15)22-17(23)24-11-12-7-3-1-4-8-12/h1,3-4,7-8,13H,2,5-6,9-11H2,(H,19,20,21,22,23). The molecule has 0 radical (unpaired) electrons. The summed E-state index contributed by atoms with van der Waals surface area (Å²) < 4.78 is 5.16. The third-order valence-corrected chi connectivity index (χ3v) is 4.19. The summed E-state index contributed by atoms with van der Waals surface area (Å²) in [5.74, 6) is 1.06. The summed E-state index contributed by atoms with van der Waals surface area (Å²) in [5.41, 5.74) is 0.907. The first-order chi connectivity index (χ1) is 11.7. The van der Waals surface area contributed by atoms with E-state index in [2.05, 4.69) is 20.3 Å². The summed E-state index contributed by atoms with van der Waals surface area (Å²) in [4.78, 5) is 24.4. The van der Waals surface area contributed by atoms with E-state index < -0.39 is 6.09 Å². The molecule has 1 amide bonds. The summed E-state index contributed by atoms with van der Waals surface area (Å²) in [6, 6.07) is 9.45. The van der Waals surface area contributed by atoms with Crippen LogP contribution < -0.4 is 5.32 Å². The van der Waals surface area contributed by atoms with Crippen molar-refractivity contribution in [2.24, 2.45) is 0 Å². The summed E-state index contributed by atoms with van der Waals surface area (Å²) >= 11 is 5.97. The van der Waals surface area contributed by atoms with Crippen molar-refractivity contribution in [3.8, 4) is 0 Å². The summed E-state index contributed by atoms with van der Waals surface area (Å²) in [5, 5.41) is 2.61. The van der Waals surface area contributed by atoms with E-state index in [1.807, 2.05) is 30.3 Å². The minimum atomic E-state index is -0.615. The van der Waals surface area contributed by atoms with E-state index in [1.165, 1.54) is 6.42 Å². The fraction of sp³-hybridized carbons (Fsp3) is 0.412. The Kier molecular flexibility index (Phi) is 5.59. The van der Waals surface area contributed by atoms with Crippen molar-refractivity contribution in [1.82, 2.24) is 15.0 Å². The minimum absolute atomic E-state index is 0.0870. The first-order valence-corrected chi connectivity index (χ1v) is 8.47. The third kappa shape index (κ3) is 4.64. The Morgan fingerprint density at radius 3 is 2.62 bits per heavy atom. The summed E-state index contributed by atoms with van der Waals surface area (Å²) in [6.07, 6.45) is 5.03. The van der Waals surface area contributed by atoms with Crippen molar-refractivity contribution in [3.05, 3.63) is 47.0 Å². The number of carbonyl (C=O) groups excluding carboxylic acids is 1. The van der Waals surface area contributed by atoms with Gasteiger partial charge in [0.2, 0.25) is 11.2 Å². The fourth-order valence-corrected chi connectivity index (χ4v) is 2.98. The fourth-order valence-electron chi connectivity index (χ4n) is 2.82. The Hall–Kier alpha value is -2.21. The normalized spacial score (nSPS) is 15.0. The molecule has 1 aliphatic rings. The number of halogens is 1. The van der Waals surface area contributed by atoms with Crippen LogP contribution in [0.5, 0.6) is 0 Å². The number of carbonyl (C=O) groups is 1. The monoisotopic (exact) mass is 346 g/mol. The molecule has 0 atom stereocenters. The highest BCUT2D eigenvalue weighted by molar-refractivity contribution is 6.28. The molecule has 1 saturated carbocycles. The van der Waals surface area contributed by atoms with Crippen LogP contribution in [-0.4, -0.2) is 21.0 Å². The molecule has 0 spiro atoms. The van der Waals surface area contributed by atoms with Gasteiger partial charge in [-0.3, -0.25) is 5.32 Å². The van der Waals surface area contributed by atoms with E-state index in [9.17, 15) is 4.79 Å². The van der Waals surface area contributed by atoms with Crippen molar-refractivity contribution in [2.45, 2.75) is 44.6 Å². The summed E-state index contributed by atoms with van der Waals surface area (Å²) in [6.45, 7) is 0.182. The van der Waals surface area contributed by atoms with Gasteiger partial charge in [-0.15, -0.1) is 0 Å². The Balaban J connectivity index is 1.61. The molecule has 0 unspecified atom stereocenters. The molecule has 1 aliphatic carbocycles. The highest BCUT2D eigenvalue weighted by Crippen LogP contribution is 2.31. The van der Waals surface area contributed by atoms with Crippen LogP contribution in [0.1, 0.15) is 49.4 Å². The molecule has 126 valence electrons. The van der Waals surface area contributed by atoms with Gasteiger partial charge in [0.25, 0.3) is 0 Å². The lowest BCUT2D eigenvalue weighted by Crippen LogP contribution is -2.18. The molecule has 0 bridgehead atoms. The molecule has 1 N–H and O–H groups in total. The zero-order valence-electron chi connectivity index (χ0n) is 13.2. The Morgan fingerprint density at radius 2 is 1.88 bits per heavy atom. The Bertz CT molecular complexity index is 690. The maximum absolute atomic E-state index is 11.9. The molecule has 24 heavy (non-hydrogen) atoms. The van der Waals surface area contributed by atoms with E-state index in [4.69, 9.17) is 16.3 Å². The van der Waals surface area contributed by atoms with Crippen molar-refractivity contribution >= 4 is 23.6 Å². The number of anilines is 1. The third-order valence-electron chi connectivity index (χ3n) is 4.02. The molecule has 3 rings (SSSR count). The lowest BCUT2D eigenvalue weighted by Gasteiger charge is -2.20. The molecular formula is C17H19ClN4O2. The van der Waals surface area contributed by atoms with Crippen LogP contribution in [0.25, 0.3) is 0 Å². The average Bonchev–Trinajstić information content (AvgIpc) is 2.61. The van der Waals surface area contributed by atoms with Crippen molar-refractivity contribution in [2.75, 3.05) is 5.32 Å². The van der Waals surface area contributed by atoms with Gasteiger partial charge in [-0.05, 0) is 30.0 Å². The van der Waals surface area contributed by atoms with Crippen LogP contribution in [0.2, 0.25) is 5.28 Å². The molecule has 1 fully saturated rings. The maximum atomic E-state index is 11.9. The molecule has 7 heteroatoms. The first kappa shape index (κ1) is 16.6. The first-order valence-electron chi connectivity index (χ1n) is 8.10. The number of amides is 1. The highest BCUT2D eigenvalue weighted by atomic mass is 35.5. The number of ether oxygens (including phenoxy) is 1. The van der Waals surface area contributed by atoms with Crippen LogP contribution in [0.4, 0.5) is 10.7 Å². The van der Waals surface area contributed by atoms with E-state index in [0.29, 0.717) is 5.82 Å². The topological polar surface area (TPSA) is 77.0 Å².